The van der Waals surface area contributed by atoms with Crippen molar-refractivity contribution in [2.24, 2.45) is 0 Å². The fourth-order valence-electron chi connectivity index (χ4n) is 12.2. The second kappa shape index (κ2) is 17.0. The predicted molar refractivity (Wildman–Crippen MR) is 298 cm³/mol. The van der Waals surface area contributed by atoms with Crippen molar-refractivity contribution in [2.45, 2.75) is 24.7 Å². The van der Waals surface area contributed by atoms with Crippen LogP contribution in [0.2, 0.25) is 0 Å². The molecular formula is C70H51N. The smallest absolute Gasteiger partial charge is 0.0713 e. The summed E-state index contributed by atoms with van der Waals surface area (Å²) in [5.74, 6) is 0. The Bertz CT molecular complexity index is 3740. The fraction of sp³-hybridized carbons (Fsp3) is 0.0571. The topological polar surface area (TPSA) is 3.24 Å². The van der Waals surface area contributed by atoms with E-state index in [4.69, 9.17) is 0 Å². The van der Waals surface area contributed by atoms with Gasteiger partial charge in [-0.2, -0.15) is 0 Å². The maximum Gasteiger partial charge on any atom is 0.0713 e. The molecule has 0 bridgehead atoms. The first kappa shape index (κ1) is 42.3. The minimum atomic E-state index is -0.511. The largest absolute Gasteiger partial charge is 0.310 e. The number of fused-ring (bicyclic) bond motifs is 6. The van der Waals surface area contributed by atoms with E-state index in [1.807, 2.05) is 0 Å². The Balaban J connectivity index is 1.10. The minimum Gasteiger partial charge on any atom is -0.310 e. The maximum absolute atomic E-state index is 2.53. The molecule has 0 saturated carbocycles. The lowest BCUT2D eigenvalue weighted by atomic mass is 9.68. The Labute approximate surface area is 417 Å². The molecule has 0 N–H and O–H groups in total. The van der Waals surface area contributed by atoms with E-state index in [1.165, 1.54) is 100 Å². The lowest BCUT2D eigenvalue weighted by Crippen LogP contribution is -2.28. The molecule has 1 heteroatoms. The molecule has 1 nitrogen and oxygen atoms in total. The van der Waals surface area contributed by atoms with Gasteiger partial charge in [0.1, 0.15) is 0 Å². The van der Waals surface area contributed by atoms with Crippen LogP contribution in [-0.2, 0) is 10.8 Å². The molecule has 0 aromatic heterocycles. The first-order valence-corrected chi connectivity index (χ1v) is 24.8. The molecule has 0 heterocycles. The third-order valence-corrected chi connectivity index (χ3v) is 15.4. The third kappa shape index (κ3) is 6.68. The van der Waals surface area contributed by atoms with Crippen LogP contribution in [0.25, 0.3) is 66.8 Å². The van der Waals surface area contributed by atoms with Crippen molar-refractivity contribution in [1.29, 1.82) is 0 Å². The average Bonchev–Trinajstić information content (AvgIpc) is 3.87. The molecule has 336 valence electrons. The van der Waals surface area contributed by atoms with E-state index in [-0.39, 0.29) is 5.41 Å². The van der Waals surface area contributed by atoms with E-state index in [9.17, 15) is 0 Å². The van der Waals surface area contributed by atoms with Crippen LogP contribution in [0.15, 0.2) is 273 Å². The van der Waals surface area contributed by atoms with Crippen LogP contribution in [-0.4, -0.2) is 0 Å². The summed E-state index contributed by atoms with van der Waals surface area (Å²) in [4.78, 5) is 2.53. The Kier molecular flexibility index (Phi) is 10.1. The lowest BCUT2D eigenvalue weighted by Gasteiger charge is -2.34. The van der Waals surface area contributed by atoms with Crippen LogP contribution in [0, 0.1) is 0 Å². The van der Waals surface area contributed by atoms with Gasteiger partial charge in [-0.3, -0.25) is 0 Å². The molecule has 0 radical (unpaired) electrons. The Morgan fingerprint density at radius 3 is 1.39 bits per heavy atom. The summed E-state index contributed by atoms with van der Waals surface area (Å²) in [5, 5.41) is 0. The second-order valence-electron chi connectivity index (χ2n) is 19.5. The average molecular weight is 906 g/mol. The van der Waals surface area contributed by atoms with Gasteiger partial charge in [-0.05, 0) is 125 Å². The van der Waals surface area contributed by atoms with Crippen LogP contribution in [0.4, 0.5) is 17.1 Å². The second-order valence-corrected chi connectivity index (χ2v) is 19.5. The van der Waals surface area contributed by atoms with Crippen molar-refractivity contribution in [3.8, 4) is 66.8 Å². The molecule has 0 unspecified atom stereocenters. The summed E-state index contributed by atoms with van der Waals surface area (Å²) in [7, 11) is 0. The van der Waals surface area contributed by atoms with Crippen LogP contribution >= 0.6 is 0 Å². The van der Waals surface area contributed by atoms with Crippen LogP contribution in [0.1, 0.15) is 47.2 Å². The Morgan fingerprint density at radius 2 is 0.718 bits per heavy atom. The van der Waals surface area contributed by atoms with E-state index >= 15 is 0 Å². The van der Waals surface area contributed by atoms with Gasteiger partial charge < -0.3 is 4.90 Å². The van der Waals surface area contributed by atoms with Gasteiger partial charge in [0, 0.05) is 22.4 Å². The molecule has 13 rings (SSSR count). The summed E-state index contributed by atoms with van der Waals surface area (Å²) >= 11 is 0. The molecule has 11 aromatic carbocycles. The molecule has 0 amide bonds. The summed E-state index contributed by atoms with van der Waals surface area (Å²) in [6, 6.07) is 101. The van der Waals surface area contributed by atoms with E-state index in [2.05, 4.69) is 292 Å². The first-order valence-electron chi connectivity index (χ1n) is 24.8. The summed E-state index contributed by atoms with van der Waals surface area (Å²) in [6.07, 6.45) is 0. The highest BCUT2D eigenvalue weighted by Gasteiger charge is 2.46. The highest BCUT2D eigenvalue weighted by atomic mass is 15.1. The standard InChI is InChI=1S/C70H51N/c1-69(2)62-40-19-18-37-60(62)67-57(38-22-42-65(67)69)50-28-21-33-53(46-50)71(66-43-23-39-56(49-26-9-4-10-27-49)68(66)59-36-16-15-34-55(59)48-24-7-3-8-25-48)54-44-45-64-61(47-54)58-35-17-20-41-63(58)70(64,51-29-11-5-12-30-51)52-31-13-6-14-32-52/h3-47H,1-2H3. The van der Waals surface area contributed by atoms with E-state index < -0.39 is 5.41 Å². The number of benzene rings is 11. The van der Waals surface area contributed by atoms with Crippen molar-refractivity contribution in [3.63, 3.8) is 0 Å². The zero-order valence-corrected chi connectivity index (χ0v) is 39.9. The monoisotopic (exact) mass is 905 g/mol. The van der Waals surface area contributed by atoms with Crippen LogP contribution in [0.5, 0.6) is 0 Å². The number of rotatable bonds is 9. The van der Waals surface area contributed by atoms with E-state index in [0.717, 1.165) is 17.1 Å². The van der Waals surface area contributed by atoms with Gasteiger partial charge >= 0.3 is 0 Å². The van der Waals surface area contributed by atoms with Crippen LogP contribution in [0.3, 0.4) is 0 Å². The number of hydrogen-bond acceptors (Lipinski definition) is 1. The summed E-state index contributed by atoms with van der Waals surface area (Å²) in [5.41, 5.74) is 25.1. The molecule has 0 saturated heterocycles. The van der Waals surface area contributed by atoms with E-state index in [1.54, 1.807) is 0 Å². The van der Waals surface area contributed by atoms with Gasteiger partial charge in [0.05, 0.1) is 11.1 Å². The molecule has 0 aliphatic heterocycles. The van der Waals surface area contributed by atoms with Crippen molar-refractivity contribution in [3.05, 3.63) is 306 Å². The number of anilines is 3. The van der Waals surface area contributed by atoms with Crippen molar-refractivity contribution < 1.29 is 0 Å². The van der Waals surface area contributed by atoms with Gasteiger partial charge in [-0.1, -0.05) is 257 Å². The molecule has 71 heavy (non-hydrogen) atoms. The van der Waals surface area contributed by atoms with Gasteiger partial charge in [0.25, 0.3) is 0 Å². The van der Waals surface area contributed by atoms with Gasteiger partial charge in [-0.15, -0.1) is 0 Å². The molecule has 2 aliphatic carbocycles. The molecule has 0 atom stereocenters. The van der Waals surface area contributed by atoms with Gasteiger partial charge in [0.15, 0.2) is 0 Å². The number of nitrogens with zero attached hydrogens (tertiary/aromatic N) is 1. The first-order chi connectivity index (χ1) is 35.0. The summed E-state index contributed by atoms with van der Waals surface area (Å²) in [6.45, 7) is 4.73. The van der Waals surface area contributed by atoms with Gasteiger partial charge in [-0.25, -0.2) is 0 Å². The molecule has 11 aromatic rings. The predicted octanol–water partition coefficient (Wildman–Crippen LogP) is 18.5. The quantitative estimate of drug-likeness (QED) is 0.139. The Morgan fingerprint density at radius 1 is 0.268 bits per heavy atom. The highest BCUT2D eigenvalue weighted by Crippen LogP contribution is 2.58. The van der Waals surface area contributed by atoms with Crippen molar-refractivity contribution >= 4 is 17.1 Å². The summed E-state index contributed by atoms with van der Waals surface area (Å²) < 4.78 is 0. The fourth-order valence-corrected chi connectivity index (χ4v) is 12.2. The lowest BCUT2D eigenvalue weighted by molar-refractivity contribution is 0.660. The molecule has 2 aliphatic rings. The third-order valence-electron chi connectivity index (χ3n) is 15.4. The highest BCUT2D eigenvalue weighted by molar-refractivity contribution is 6.02. The maximum atomic E-state index is 2.53. The molecular weight excluding hydrogens is 855 g/mol. The zero-order valence-electron chi connectivity index (χ0n) is 39.9. The number of hydrogen-bond donors (Lipinski definition) is 0. The van der Waals surface area contributed by atoms with Crippen molar-refractivity contribution in [1.82, 2.24) is 0 Å². The SMILES string of the molecule is CC1(C)c2ccccc2-c2c(-c3cccc(N(c4ccc5c(c4)-c4ccccc4C5(c4ccccc4)c4ccccc4)c4cccc(-c5ccccc5)c4-c4ccccc4-c4ccccc4)c3)cccc21. The van der Waals surface area contributed by atoms with Crippen molar-refractivity contribution in [2.75, 3.05) is 4.90 Å². The zero-order chi connectivity index (χ0) is 47.5. The molecule has 0 fully saturated rings. The normalized spacial score (nSPS) is 13.4. The minimum absolute atomic E-state index is 0.111. The van der Waals surface area contributed by atoms with Gasteiger partial charge in [0.2, 0.25) is 0 Å². The Hall–Kier alpha value is -8.78. The molecule has 0 spiro atoms. The van der Waals surface area contributed by atoms with E-state index in [0.29, 0.717) is 0 Å². The van der Waals surface area contributed by atoms with Crippen LogP contribution < -0.4 is 4.90 Å².